The molecule has 0 saturated carbocycles. The maximum absolute atomic E-state index is 12.0. The molecule has 4 nitrogen and oxygen atoms in total. The van der Waals surface area contributed by atoms with Crippen LogP contribution < -0.4 is 9.47 Å². The van der Waals surface area contributed by atoms with E-state index in [0.717, 1.165) is 60.4 Å². The molecule has 0 atom stereocenters. The van der Waals surface area contributed by atoms with Gasteiger partial charge in [0.15, 0.2) is 0 Å². The van der Waals surface area contributed by atoms with Gasteiger partial charge in [-0.2, -0.15) is 0 Å². The molecule has 30 heavy (non-hydrogen) atoms. The van der Waals surface area contributed by atoms with Gasteiger partial charge in [0.2, 0.25) is 0 Å². The average molecular weight is 449 g/mol. The number of hydrogen-bond acceptors (Lipinski definition) is 4. The first-order valence-electron chi connectivity index (χ1n) is 10.7. The third-order valence-electron chi connectivity index (χ3n) is 5.17. The van der Waals surface area contributed by atoms with E-state index in [4.69, 9.17) is 20.2 Å². The first-order chi connectivity index (χ1) is 14.5. The largest absolute Gasteiger partial charge is 0.492 e. The predicted octanol–water partition coefficient (Wildman–Crippen LogP) is 7.06. The van der Waals surface area contributed by atoms with Crippen molar-refractivity contribution in [3.63, 3.8) is 0 Å². The van der Waals surface area contributed by atoms with Gasteiger partial charge >= 0.3 is 0 Å². The van der Waals surface area contributed by atoms with Crippen molar-refractivity contribution in [2.45, 2.75) is 57.3 Å². The molecule has 3 aromatic carbocycles. The molecule has 0 amide bonds. The van der Waals surface area contributed by atoms with E-state index in [9.17, 15) is 8.42 Å². The van der Waals surface area contributed by atoms with E-state index in [-0.39, 0.29) is 4.90 Å². The number of ether oxygens (including phenoxy) is 2. The molecule has 0 radical (unpaired) electrons. The fraction of sp³-hybridized carbons (Fsp3) is 0.417. The highest BCUT2D eigenvalue weighted by Gasteiger charge is 2.19. The summed E-state index contributed by atoms with van der Waals surface area (Å²) in [7, 11) is 1.78. The molecule has 0 spiro atoms. The molecule has 0 aliphatic carbocycles. The summed E-state index contributed by atoms with van der Waals surface area (Å²) in [4.78, 5) is 0.0577. The van der Waals surface area contributed by atoms with Gasteiger partial charge in [0.25, 0.3) is 9.05 Å². The molecule has 162 valence electrons. The summed E-state index contributed by atoms with van der Waals surface area (Å²) in [5.74, 6) is 1.44. The summed E-state index contributed by atoms with van der Waals surface area (Å²) in [6.45, 7) is 5.48. The molecule has 6 heteroatoms. The zero-order valence-electron chi connectivity index (χ0n) is 17.6. The van der Waals surface area contributed by atoms with Crippen molar-refractivity contribution in [3.8, 4) is 11.5 Å². The highest BCUT2D eigenvalue weighted by atomic mass is 35.7. The van der Waals surface area contributed by atoms with Crippen LogP contribution in [0.2, 0.25) is 0 Å². The third-order valence-corrected chi connectivity index (χ3v) is 6.52. The molecule has 0 saturated heterocycles. The average Bonchev–Trinajstić information content (AvgIpc) is 2.73. The zero-order valence-corrected chi connectivity index (χ0v) is 19.2. The van der Waals surface area contributed by atoms with Crippen LogP contribution in [0.25, 0.3) is 21.5 Å². The normalized spacial score (nSPS) is 11.8. The molecule has 0 aromatic heterocycles. The maximum Gasteiger partial charge on any atom is 0.261 e. The molecule has 0 heterocycles. The molecular formula is C24H29ClO4S. The third kappa shape index (κ3) is 5.19. The van der Waals surface area contributed by atoms with Gasteiger partial charge in [-0.1, -0.05) is 63.8 Å². The van der Waals surface area contributed by atoms with E-state index in [1.807, 2.05) is 24.3 Å². The maximum atomic E-state index is 12.0. The second-order valence-corrected chi connectivity index (χ2v) is 10.0. The number of halogens is 1. The smallest absolute Gasteiger partial charge is 0.261 e. The summed E-state index contributed by atoms with van der Waals surface area (Å²) < 4.78 is 36.4. The second-order valence-electron chi connectivity index (χ2n) is 7.46. The van der Waals surface area contributed by atoms with Crippen LogP contribution in [-0.4, -0.2) is 21.6 Å². The fourth-order valence-corrected chi connectivity index (χ4v) is 4.37. The molecule has 0 fully saturated rings. The predicted molar refractivity (Wildman–Crippen MR) is 125 cm³/mol. The minimum absolute atomic E-state index is 0.0577. The van der Waals surface area contributed by atoms with Crippen molar-refractivity contribution in [2.24, 2.45) is 0 Å². The van der Waals surface area contributed by atoms with E-state index in [1.165, 1.54) is 6.07 Å². The van der Waals surface area contributed by atoms with E-state index < -0.39 is 9.05 Å². The van der Waals surface area contributed by atoms with Gasteiger partial charge in [-0.3, -0.25) is 0 Å². The van der Waals surface area contributed by atoms with E-state index >= 15 is 0 Å². The number of unbranched alkanes of at least 4 members (excludes halogenated alkanes) is 4. The Morgan fingerprint density at radius 1 is 0.733 bits per heavy atom. The summed E-state index contributed by atoms with van der Waals surface area (Å²) in [6, 6.07) is 12.8. The van der Waals surface area contributed by atoms with Gasteiger partial charge in [-0.25, -0.2) is 8.42 Å². The standard InChI is InChI=1S/C24H29ClO4S/c1-3-5-9-15-28-23-19-11-7-8-12-20(19)24(29-16-10-6-4-2)22-17-18(30(25,26)27)13-14-21(22)23/h7-8,11-14,17H,3-6,9-10,15-16H2,1-2H3. The fourth-order valence-electron chi connectivity index (χ4n) is 3.59. The summed E-state index contributed by atoms with van der Waals surface area (Å²) in [5, 5.41) is 3.42. The molecule has 0 bridgehead atoms. The second kappa shape index (κ2) is 10.4. The van der Waals surface area contributed by atoms with Gasteiger partial charge in [0.1, 0.15) is 11.5 Å². The van der Waals surface area contributed by atoms with Crippen LogP contribution in [-0.2, 0) is 9.05 Å². The Balaban J connectivity index is 2.19. The Hall–Kier alpha value is -1.98. The summed E-state index contributed by atoms with van der Waals surface area (Å²) in [5.41, 5.74) is 0. The van der Waals surface area contributed by atoms with Crippen LogP contribution in [0.3, 0.4) is 0 Å². The van der Waals surface area contributed by atoms with Gasteiger partial charge in [0, 0.05) is 32.2 Å². The lowest BCUT2D eigenvalue weighted by Gasteiger charge is -2.18. The molecule has 0 aliphatic heterocycles. The van der Waals surface area contributed by atoms with E-state index in [1.54, 1.807) is 12.1 Å². The quantitative estimate of drug-likeness (QED) is 0.179. The van der Waals surface area contributed by atoms with E-state index in [0.29, 0.717) is 24.3 Å². The van der Waals surface area contributed by atoms with Crippen molar-refractivity contribution in [3.05, 3.63) is 42.5 Å². The van der Waals surface area contributed by atoms with Crippen LogP contribution in [0.5, 0.6) is 11.5 Å². The first kappa shape index (κ1) is 22.7. The topological polar surface area (TPSA) is 52.6 Å². The van der Waals surface area contributed by atoms with Crippen LogP contribution in [0, 0.1) is 0 Å². The summed E-state index contributed by atoms with van der Waals surface area (Å²) >= 11 is 0. The Bertz CT molecular complexity index is 1110. The van der Waals surface area contributed by atoms with Crippen molar-refractivity contribution in [1.82, 2.24) is 0 Å². The van der Waals surface area contributed by atoms with Crippen molar-refractivity contribution < 1.29 is 17.9 Å². The Morgan fingerprint density at radius 3 is 1.73 bits per heavy atom. The van der Waals surface area contributed by atoms with Crippen molar-refractivity contribution >= 4 is 41.3 Å². The molecule has 0 unspecified atom stereocenters. The Morgan fingerprint density at radius 2 is 1.23 bits per heavy atom. The Kier molecular flexibility index (Phi) is 7.84. The van der Waals surface area contributed by atoms with Gasteiger partial charge < -0.3 is 9.47 Å². The lowest BCUT2D eigenvalue weighted by molar-refractivity contribution is 0.308. The zero-order chi connectivity index (χ0) is 21.6. The first-order valence-corrected chi connectivity index (χ1v) is 13.0. The minimum Gasteiger partial charge on any atom is -0.492 e. The highest BCUT2D eigenvalue weighted by Crippen LogP contribution is 2.43. The SMILES string of the molecule is CCCCCOc1c2ccccc2c(OCCCCC)c2cc(S(=O)(=O)Cl)ccc12. The number of rotatable bonds is 11. The number of benzene rings is 3. The lowest BCUT2D eigenvalue weighted by atomic mass is 10.0. The van der Waals surface area contributed by atoms with Crippen LogP contribution >= 0.6 is 10.7 Å². The van der Waals surface area contributed by atoms with Gasteiger partial charge in [-0.05, 0) is 31.0 Å². The number of hydrogen-bond donors (Lipinski definition) is 0. The lowest BCUT2D eigenvalue weighted by Crippen LogP contribution is -2.03. The van der Waals surface area contributed by atoms with Gasteiger partial charge in [-0.15, -0.1) is 0 Å². The van der Waals surface area contributed by atoms with Crippen LogP contribution in [0.4, 0.5) is 0 Å². The van der Waals surface area contributed by atoms with Crippen molar-refractivity contribution in [2.75, 3.05) is 13.2 Å². The van der Waals surface area contributed by atoms with Crippen LogP contribution in [0.15, 0.2) is 47.4 Å². The van der Waals surface area contributed by atoms with Crippen molar-refractivity contribution in [1.29, 1.82) is 0 Å². The summed E-state index contributed by atoms with van der Waals surface area (Å²) in [6.07, 6.45) is 6.31. The monoisotopic (exact) mass is 448 g/mol. The molecular weight excluding hydrogens is 420 g/mol. The minimum atomic E-state index is -3.85. The van der Waals surface area contributed by atoms with Gasteiger partial charge in [0.05, 0.1) is 18.1 Å². The Labute approximate surface area is 183 Å². The molecule has 0 N–H and O–H groups in total. The van der Waals surface area contributed by atoms with E-state index in [2.05, 4.69) is 13.8 Å². The molecule has 0 aliphatic rings. The highest BCUT2D eigenvalue weighted by molar-refractivity contribution is 8.13. The molecule has 3 rings (SSSR count). The molecule has 3 aromatic rings. The number of fused-ring (bicyclic) bond motifs is 2. The van der Waals surface area contributed by atoms with Crippen LogP contribution in [0.1, 0.15) is 52.4 Å².